The van der Waals surface area contributed by atoms with Crippen LogP contribution in [0.15, 0.2) is 48.7 Å². The second kappa shape index (κ2) is 6.60. The van der Waals surface area contributed by atoms with Crippen molar-refractivity contribution in [2.75, 3.05) is 6.54 Å². The van der Waals surface area contributed by atoms with E-state index >= 15 is 0 Å². The first-order valence-electron chi connectivity index (χ1n) is 7.14. The van der Waals surface area contributed by atoms with E-state index in [-0.39, 0.29) is 17.5 Å². The highest BCUT2D eigenvalue weighted by Gasteiger charge is 2.28. The first-order valence-corrected chi connectivity index (χ1v) is 7.89. The summed E-state index contributed by atoms with van der Waals surface area (Å²) in [6, 6.07) is 12.7. The summed E-state index contributed by atoms with van der Waals surface area (Å²) in [5.41, 5.74) is 2.71. The molecule has 0 spiro atoms. The van der Waals surface area contributed by atoms with Gasteiger partial charge in [-0.3, -0.25) is 10.1 Å². The van der Waals surface area contributed by atoms with Crippen molar-refractivity contribution in [1.29, 1.82) is 0 Å². The molecular weight excluding hydrogens is 335 g/mol. The highest BCUT2D eigenvalue weighted by molar-refractivity contribution is 6.35. The van der Waals surface area contributed by atoms with Crippen molar-refractivity contribution in [3.8, 4) is 0 Å². The molecule has 3 rings (SSSR count). The topological polar surface area (TPSA) is 46.4 Å². The number of rotatable bonds is 4. The van der Waals surface area contributed by atoms with Crippen LogP contribution in [-0.2, 0) is 6.54 Å². The van der Waals surface area contributed by atoms with Gasteiger partial charge in [-0.05, 0) is 29.3 Å². The van der Waals surface area contributed by atoms with E-state index < -0.39 is 0 Å². The summed E-state index contributed by atoms with van der Waals surface area (Å²) >= 11 is 12.5. The van der Waals surface area contributed by atoms with Crippen molar-refractivity contribution in [3.05, 3.63) is 85.5 Å². The molecule has 1 atom stereocenters. The van der Waals surface area contributed by atoms with Crippen molar-refractivity contribution in [2.45, 2.75) is 12.6 Å². The number of benzene rings is 2. The number of nitrogens with zero attached hydrogens (tertiary/aromatic N) is 2. The van der Waals surface area contributed by atoms with Gasteiger partial charge in [0.15, 0.2) is 0 Å². The van der Waals surface area contributed by atoms with Gasteiger partial charge in [-0.25, -0.2) is 0 Å². The molecule has 4 nitrogen and oxygen atoms in total. The molecule has 2 aromatic rings. The van der Waals surface area contributed by atoms with E-state index in [1.54, 1.807) is 18.2 Å². The quantitative estimate of drug-likeness (QED) is 0.589. The standard InChI is InChI=1S/C17H14Cl2N2O2/c18-15-6-3-7-16(19)14(15)10-20-9-8-12-4-1-2-5-13(12)17(20)11-21(22)23/h1-9,17H,10-11H2/t17-/m1/s1. The second-order valence-electron chi connectivity index (χ2n) is 5.35. The van der Waals surface area contributed by atoms with Crippen LogP contribution in [0, 0.1) is 10.1 Å². The van der Waals surface area contributed by atoms with Gasteiger partial charge in [0.25, 0.3) is 0 Å². The smallest absolute Gasteiger partial charge is 0.228 e. The fourth-order valence-electron chi connectivity index (χ4n) is 2.80. The Balaban J connectivity index is 1.96. The van der Waals surface area contributed by atoms with Crippen molar-refractivity contribution in [1.82, 2.24) is 4.90 Å². The molecule has 0 bridgehead atoms. The molecule has 6 heteroatoms. The zero-order valence-electron chi connectivity index (χ0n) is 12.2. The predicted octanol–water partition coefficient (Wildman–Crippen LogP) is 4.80. The molecule has 0 radical (unpaired) electrons. The van der Waals surface area contributed by atoms with Gasteiger partial charge in [0.05, 0.1) is 0 Å². The van der Waals surface area contributed by atoms with Gasteiger partial charge < -0.3 is 4.90 Å². The van der Waals surface area contributed by atoms with E-state index in [9.17, 15) is 10.1 Å². The van der Waals surface area contributed by atoms with Crippen LogP contribution in [0.1, 0.15) is 22.7 Å². The van der Waals surface area contributed by atoms with E-state index in [4.69, 9.17) is 23.2 Å². The Morgan fingerprint density at radius 2 is 1.78 bits per heavy atom. The van der Waals surface area contributed by atoms with Gasteiger partial charge in [0.2, 0.25) is 6.54 Å². The van der Waals surface area contributed by atoms with Crippen LogP contribution < -0.4 is 0 Å². The molecule has 0 saturated heterocycles. The minimum Gasteiger partial charge on any atom is -0.360 e. The summed E-state index contributed by atoms with van der Waals surface area (Å²) in [7, 11) is 0. The SMILES string of the molecule is O=[N+]([O-])C[C@@H]1c2ccccc2C=CN1Cc1c(Cl)cccc1Cl. The third-order valence-corrected chi connectivity index (χ3v) is 4.63. The van der Waals surface area contributed by atoms with Crippen LogP contribution in [0.25, 0.3) is 6.08 Å². The number of halogens is 2. The molecule has 1 aliphatic heterocycles. The molecule has 0 saturated carbocycles. The molecule has 2 aromatic carbocycles. The lowest BCUT2D eigenvalue weighted by atomic mass is 9.95. The van der Waals surface area contributed by atoms with Gasteiger partial charge in [-0.1, -0.05) is 53.5 Å². The molecule has 0 N–H and O–H groups in total. The Kier molecular flexibility index (Phi) is 4.55. The van der Waals surface area contributed by atoms with E-state index in [1.165, 1.54) is 0 Å². The van der Waals surface area contributed by atoms with Gasteiger partial charge in [-0.15, -0.1) is 0 Å². The molecular formula is C17H14Cl2N2O2. The maximum Gasteiger partial charge on any atom is 0.228 e. The summed E-state index contributed by atoms with van der Waals surface area (Å²) in [5.74, 6) is 0. The minimum atomic E-state index is -0.349. The average Bonchev–Trinajstić information content (AvgIpc) is 2.52. The van der Waals surface area contributed by atoms with E-state index in [1.807, 2.05) is 41.4 Å². The van der Waals surface area contributed by atoms with Gasteiger partial charge in [-0.2, -0.15) is 0 Å². The molecule has 0 fully saturated rings. The number of fused-ring (bicyclic) bond motifs is 1. The zero-order valence-corrected chi connectivity index (χ0v) is 13.7. The lowest BCUT2D eigenvalue weighted by molar-refractivity contribution is -0.487. The Hall–Kier alpha value is -2.04. The Bertz CT molecular complexity index is 757. The van der Waals surface area contributed by atoms with Crippen LogP contribution in [-0.4, -0.2) is 16.4 Å². The largest absolute Gasteiger partial charge is 0.360 e. The third kappa shape index (κ3) is 3.33. The van der Waals surface area contributed by atoms with Crippen molar-refractivity contribution in [2.24, 2.45) is 0 Å². The highest BCUT2D eigenvalue weighted by atomic mass is 35.5. The Morgan fingerprint density at radius 3 is 2.48 bits per heavy atom. The van der Waals surface area contributed by atoms with E-state index in [0.29, 0.717) is 16.6 Å². The number of hydrogen-bond donors (Lipinski definition) is 0. The fourth-order valence-corrected chi connectivity index (χ4v) is 3.31. The second-order valence-corrected chi connectivity index (χ2v) is 6.16. The van der Waals surface area contributed by atoms with Crippen LogP contribution in [0.2, 0.25) is 10.0 Å². The van der Waals surface area contributed by atoms with Gasteiger partial charge in [0, 0.05) is 33.3 Å². The van der Waals surface area contributed by atoms with E-state index in [0.717, 1.165) is 16.7 Å². The maximum absolute atomic E-state index is 11.1. The van der Waals surface area contributed by atoms with Crippen LogP contribution in [0.5, 0.6) is 0 Å². The molecule has 1 aliphatic rings. The van der Waals surface area contributed by atoms with E-state index in [2.05, 4.69) is 0 Å². The highest BCUT2D eigenvalue weighted by Crippen LogP contribution is 2.34. The summed E-state index contributed by atoms with van der Waals surface area (Å²) < 4.78 is 0. The van der Waals surface area contributed by atoms with Gasteiger partial charge >= 0.3 is 0 Å². The van der Waals surface area contributed by atoms with Gasteiger partial charge in [0.1, 0.15) is 6.04 Å². The normalized spacial score (nSPS) is 16.3. The molecule has 0 aliphatic carbocycles. The lowest BCUT2D eigenvalue weighted by Crippen LogP contribution is -2.31. The third-order valence-electron chi connectivity index (χ3n) is 3.93. The first kappa shape index (κ1) is 15.8. The summed E-state index contributed by atoms with van der Waals surface area (Å²) in [4.78, 5) is 12.7. The lowest BCUT2D eigenvalue weighted by Gasteiger charge is -2.33. The van der Waals surface area contributed by atoms with Crippen LogP contribution >= 0.6 is 23.2 Å². The number of nitro groups is 1. The monoisotopic (exact) mass is 348 g/mol. The van der Waals surface area contributed by atoms with Crippen LogP contribution in [0.4, 0.5) is 0 Å². The molecule has 0 aromatic heterocycles. The Morgan fingerprint density at radius 1 is 1.09 bits per heavy atom. The number of hydrogen-bond acceptors (Lipinski definition) is 3. The summed E-state index contributed by atoms with van der Waals surface area (Å²) in [6.45, 7) is 0.241. The van der Waals surface area contributed by atoms with Crippen LogP contribution in [0.3, 0.4) is 0 Å². The molecule has 1 heterocycles. The molecule has 23 heavy (non-hydrogen) atoms. The summed E-state index contributed by atoms with van der Waals surface area (Å²) in [5, 5.41) is 12.2. The minimum absolute atomic E-state index is 0.177. The molecule has 0 amide bonds. The van der Waals surface area contributed by atoms with Crippen molar-refractivity contribution in [3.63, 3.8) is 0 Å². The first-order chi connectivity index (χ1) is 11.1. The van der Waals surface area contributed by atoms with Crippen molar-refractivity contribution < 1.29 is 4.92 Å². The predicted molar refractivity (Wildman–Crippen MR) is 92.1 cm³/mol. The molecule has 0 unspecified atom stereocenters. The van der Waals surface area contributed by atoms with Crippen molar-refractivity contribution >= 4 is 29.3 Å². The maximum atomic E-state index is 11.1. The summed E-state index contributed by atoms with van der Waals surface area (Å²) in [6.07, 6.45) is 3.83. The fraction of sp³-hybridized carbons (Fsp3) is 0.176. The Labute approximate surface area is 144 Å². The molecule has 118 valence electrons. The zero-order chi connectivity index (χ0) is 16.4. The average molecular weight is 349 g/mol.